The van der Waals surface area contributed by atoms with Crippen LogP contribution < -0.4 is 5.56 Å². The van der Waals surface area contributed by atoms with Crippen molar-refractivity contribution >= 4 is 34.3 Å². The maximum Gasteiger partial charge on any atom is 0.269 e. The molecule has 194 valence electrons. The number of nitrogens with zero attached hydrogens (tertiary/aromatic N) is 4. The third kappa shape index (κ3) is 5.73. The van der Waals surface area contributed by atoms with E-state index in [2.05, 4.69) is 0 Å². The van der Waals surface area contributed by atoms with Gasteiger partial charge < -0.3 is 4.90 Å². The Morgan fingerprint density at radius 2 is 1.62 bits per heavy atom. The highest BCUT2D eigenvalue weighted by Gasteiger charge is 2.18. The Morgan fingerprint density at radius 1 is 0.923 bits per heavy atom. The van der Waals surface area contributed by atoms with Gasteiger partial charge >= 0.3 is 0 Å². The maximum absolute atomic E-state index is 13.7. The summed E-state index contributed by atoms with van der Waals surface area (Å²) < 4.78 is 1.54. The highest BCUT2D eigenvalue weighted by Crippen LogP contribution is 2.26. The quantitative estimate of drug-likeness (QED) is 0.107. The van der Waals surface area contributed by atoms with Crippen molar-refractivity contribution in [3.63, 3.8) is 0 Å². The summed E-state index contributed by atoms with van der Waals surface area (Å²) in [5.74, 6) is 0.186. The molecule has 8 nitrogen and oxygen atoms in total. The van der Waals surface area contributed by atoms with Gasteiger partial charge in [0.1, 0.15) is 0 Å². The number of carbonyl (C=O) groups excluding carboxylic acids is 1. The van der Waals surface area contributed by atoms with Crippen molar-refractivity contribution in [3.05, 3.63) is 140 Å². The minimum atomic E-state index is -0.435. The molecule has 1 heterocycles. The van der Waals surface area contributed by atoms with Gasteiger partial charge in [-0.15, -0.1) is 0 Å². The minimum Gasteiger partial charge on any atom is -0.337 e. The van der Waals surface area contributed by atoms with E-state index in [1.54, 1.807) is 42.3 Å². The number of non-ortho nitro benzene ring substituents is 1. The van der Waals surface area contributed by atoms with Crippen molar-refractivity contribution in [2.24, 2.45) is 0 Å². The van der Waals surface area contributed by atoms with Gasteiger partial charge in [0, 0.05) is 37.0 Å². The van der Waals surface area contributed by atoms with Crippen LogP contribution in [0.4, 0.5) is 5.69 Å². The standard InChI is InChI=1S/C30H24N4O4S/c1-32(19-21-9-4-2-5-10-21)28(35)23-15-16-26-27(18-23)31-30(33(29(26)36)24-12-6-3-7-13-24)39-20-22-11-8-14-25(17-22)34(37)38/h2-18H,19-20H2,1H3. The van der Waals surface area contributed by atoms with Crippen molar-refractivity contribution in [2.45, 2.75) is 17.5 Å². The lowest BCUT2D eigenvalue weighted by Gasteiger charge is -2.18. The Morgan fingerprint density at radius 3 is 2.33 bits per heavy atom. The Kier molecular flexibility index (Phi) is 7.51. The van der Waals surface area contributed by atoms with E-state index in [-0.39, 0.29) is 17.2 Å². The zero-order chi connectivity index (χ0) is 27.4. The van der Waals surface area contributed by atoms with Gasteiger partial charge in [-0.05, 0) is 41.5 Å². The van der Waals surface area contributed by atoms with Gasteiger partial charge in [0.25, 0.3) is 17.2 Å². The third-order valence-corrected chi connectivity index (χ3v) is 7.21. The van der Waals surface area contributed by atoms with E-state index >= 15 is 0 Å². The topological polar surface area (TPSA) is 98.3 Å². The second-order valence-electron chi connectivity index (χ2n) is 8.96. The number of carbonyl (C=O) groups is 1. The van der Waals surface area contributed by atoms with Crippen LogP contribution in [0.15, 0.2) is 113 Å². The molecule has 0 aliphatic rings. The van der Waals surface area contributed by atoms with Crippen LogP contribution in [0.5, 0.6) is 0 Å². The van der Waals surface area contributed by atoms with E-state index in [4.69, 9.17) is 4.98 Å². The molecule has 1 aromatic heterocycles. The smallest absolute Gasteiger partial charge is 0.269 e. The molecule has 0 spiro atoms. The van der Waals surface area contributed by atoms with Crippen LogP contribution in [-0.2, 0) is 12.3 Å². The molecule has 9 heteroatoms. The number of nitro benzene ring substituents is 1. The predicted molar refractivity (Wildman–Crippen MR) is 152 cm³/mol. The van der Waals surface area contributed by atoms with Gasteiger partial charge in [0.05, 0.1) is 21.5 Å². The molecule has 0 fully saturated rings. The summed E-state index contributed by atoms with van der Waals surface area (Å²) in [5.41, 5.74) is 2.98. The van der Waals surface area contributed by atoms with E-state index in [9.17, 15) is 19.7 Å². The number of rotatable bonds is 8. The van der Waals surface area contributed by atoms with Gasteiger partial charge in [0.2, 0.25) is 0 Å². The van der Waals surface area contributed by atoms with Crippen molar-refractivity contribution in [3.8, 4) is 5.69 Å². The summed E-state index contributed by atoms with van der Waals surface area (Å²) >= 11 is 1.30. The lowest BCUT2D eigenvalue weighted by Crippen LogP contribution is -2.26. The predicted octanol–water partition coefficient (Wildman–Crippen LogP) is 5.86. The molecule has 0 unspecified atom stereocenters. The molecule has 0 N–H and O–H groups in total. The molecule has 1 amide bonds. The third-order valence-electron chi connectivity index (χ3n) is 6.20. The SMILES string of the molecule is CN(Cc1ccccc1)C(=O)c1ccc2c(=O)n(-c3ccccc3)c(SCc3cccc([N+](=O)[O-])c3)nc2c1. The zero-order valence-electron chi connectivity index (χ0n) is 21.1. The monoisotopic (exact) mass is 536 g/mol. The summed E-state index contributed by atoms with van der Waals surface area (Å²) in [6.07, 6.45) is 0. The maximum atomic E-state index is 13.7. The summed E-state index contributed by atoms with van der Waals surface area (Å²) in [6.45, 7) is 0.449. The summed E-state index contributed by atoms with van der Waals surface area (Å²) in [6, 6.07) is 30.2. The fourth-order valence-corrected chi connectivity index (χ4v) is 5.21. The number of aromatic nitrogens is 2. The zero-order valence-corrected chi connectivity index (χ0v) is 21.9. The fourth-order valence-electron chi connectivity index (χ4n) is 4.26. The lowest BCUT2D eigenvalue weighted by molar-refractivity contribution is -0.384. The largest absolute Gasteiger partial charge is 0.337 e. The Hall–Kier alpha value is -4.76. The van der Waals surface area contributed by atoms with Crippen LogP contribution in [-0.4, -0.2) is 32.3 Å². The number of amides is 1. The molecule has 0 aliphatic heterocycles. The molecule has 0 atom stereocenters. The molecule has 0 radical (unpaired) electrons. The highest BCUT2D eigenvalue weighted by molar-refractivity contribution is 7.98. The van der Waals surface area contributed by atoms with Crippen LogP contribution in [0.2, 0.25) is 0 Å². The number of nitro groups is 1. The number of fused-ring (bicyclic) bond motifs is 1. The van der Waals surface area contributed by atoms with Crippen LogP contribution in [0.3, 0.4) is 0 Å². The average molecular weight is 537 g/mol. The van der Waals surface area contributed by atoms with Gasteiger partial charge in [-0.2, -0.15) is 0 Å². The Bertz CT molecular complexity index is 1720. The van der Waals surface area contributed by atoms with Crippen molar-refractivity contribution in [1.29, 1.82) is 0 Å². The number of hydrogen-bond acceptors (Lipinski definition) is 6. The van der Waals surface area contributed by atoms with Gasteiger partial charge in [-0.25, -0.2) is 4.98 Å². The first-order valence-corrected chi connectivity index (χ1v) is 13.2. The highest BCUT2D eigenvalue weighted by atomic mass is 32.2. The lowest BCUT2D eigenvalue weighted by atomic mass is 10.1. The van der Waals surface area contributed by atoms with Gasteiger partial charge in [-0.1, -0.05) is 72.4 Å². The number of thioether (sulfide) groups is 1. The van der Waals surface area contributed by atoms with E-state index in [0.717, 1.165) is 11.1 Å². The van der Waals surface area contributed by atoms with E-state index in [1.807, 2.05) is 60.7 Å². The first-order chi connectivity index (χ1) is 18.9. The molecule has 5 rings (SSSR count). The molecule has 0 bridgehead atoms. The van der Waals surface area contributed by atoms with Crippen molar-refractivity contribution in [1.82, 2.24) is 14.5 Å². The summed E-state index contributed by atoms with van der Waals surface area (Å²) in [5, 5.41) is 12.0. The van der Waals surface area contributed by atoms with E-state index in [0.29, 0.717) is 39.6 Å². The van der Waals surface area contributed by atoms with E-state index < -0.39 is 4.92 Å². The fraction of sp³-hybridized carbons (Fsp3) is 0.100. The minimum absolute atomic E-state index is 0.00259. The van der Waals surface area contributed by atoms with Gasteiger partial charge in [-0.3, -0.25) is 24.3 Å². The second kappa shape index (κ2) is 11.3. The van der Waals surface area contributed by atoms with Crippen LogP contribution in [0.1, 0.15) is 21.5 Å². The van der Waals surface area contributed by atoms with E-state index in [1.165, 1.54) is 28.5 Å². The normalized spacial score (nSPS) is 10.9. The molecular formula is C30H24N4O4S. The number of benzene rings is 4. The molecule has 5 aromatic rings. The molecule has 0 aliphatic carbocycles. The molecule has 0 saturated carbocycles. The first kappa shape index (κ1) is 25.9. The molecular weight excluding hydrogens is 512 g/mol. The summed E-state index contributed by atoms with van der Waals surface area (Å²) in [4.78, 5) is 44.1. The second-order valence-corrected chi connectivity index (χ2v) is 9.91. The Balaban J connectivity index is 1.52. The van der Waals surface area contributed by atoms with Gasteiger partial charge in [0.15, 0.2) is 5.16 Å². The average Bonchev–Trinajstić information content (AvgIpc) is 2.96. The number of hydrogen-bond donors (Lipinski definition) is 0. The first-order valence-electron chi connectivity index (χ1n) is 12.2. The molecule has 39 heavy (non-hydrogen) atoms. The van der Waals surface area contributed by atoms with Crippen molar-refractivity contribution < 1.29 is 9.72 Å². The molecule has 0 saturated heterocycles. The number of para-hydroxylation sites is 1. The van der Waals surface area contributed by atoms with Crippen molar-refractivity contribution in [2.75, 3.05) is 7.05 Å². The van der Waals surface area contributed by atoms with Crippen LogP contribution in [0.25, 0.3) is 16.6 Å². The molecule has 4 aromatic carbocycles. The van der Waals surface area contributed by atoms with Crippen LogP contribution in [0, 0.1) is 10.1 Å². The Labute approximate surface area is 228 Å². The van der Waals surface area contributed by atoms with Crippen LogP contribution >= 0.6 is 11.8 Å². The summed E-state index contributed by atoms with van der Waals surface area (Å²) in [7, 11) is 1.74.